The molecule has 0 aromatic rings. The van der Waals surface area contributed by atoms with E-state index in [1.807, 2.05) is 11.8 Å². The average molecular weight is 274 g/mol. The topological polar surface area (TPSA) is 42.9 Å². The lowest BCUT2D eigenvalue weighted by molar-refractivity contribution is 0.0690. The standard InChI is InChI=1S/C13H26N2O2S/c1-11-10-18-13(15-12(11)2)14-6-4-5-7-17-9-8-16-3/h11-12H,4-10H2,1-3H3,(H,14,15). The lowest BCUT2D eigenvalue weighted by atomic mass is 10.1. The van der Waals surface area contributed by atoms with E-state index in [4.69, 9.17) is 9.47 Å². The van der Waals surface area contributed by atoms with Gasteiger partial charge in [0.05, 0.1) is 13.2 Å². The van der Waals surface area contributed by atoms with Crippen LogP contribution in [-0.4, -0.2) is 50.4 Å². The van der Waals surface area contributed by atoms with Gasteiger partial charge >= 0.3 is 0 Å². The summed E-state index contributed by atoms with van der Waals surface area (Å²) in [6, 6.07) is 0.544. The molecule has 1 N–H and O–H groups in total. The fraction of sp³-hybridized carbons (Fsp3) is 0.923. The number of ether oxygens (including phenoxy) is 2. The molecule has 106 valence electrons. The maximum Gasteiger partial charge on any atom is 0.156 e. The van der Waals surface area contributed by atoms with Gasteiger partial charge in [0.2, 0.25) is 0 Å². The summed E-state index contributed by atoms with van der Waals surface area (Å²) in [5.74, 6) is 1.90. The van der Waals surface area contributed by atoms with Gasteiger partial charge in [-0.2, -0.15) is 0 Å². The molecule has 0 amide bonds. The molecule has 0 saturated carbocycles. The Morgan fingerprint density at radius 1 is 1.28 bits per heavy atom. The highest BCUT2D eigenvalue weighted by molar-refractivity contribution is 8.13. The van der Waals surface area contributed by atoms with Crippen molar-refractivity contribution in [3.8, 4) is 0 Å². The van der Waals surface area contributed by atoms with Crippen molar-refractivity contribution in [1.82, 2.24) is 5.32 Å². The lowest BCUT2D eigenvalue weighted by Crippen LogP contribution is -2.41. The summed E-state index contributed by atoms with van der Waals surface area (Å²) in [6.07, 6.45) is 2.15. The molecule has 2 atom stereocenters. The van der Waals surface area contributed by atoms with E-state index in [-0.39, 0.29) is 0 Å². The molecule has 1 aliphatic rings. The summed E-state index contributed by atoms with van der Waals surface area (Å²) in [5.41, 5.74) is 0. The molecule has 0 aromatic heterocycles. The first-order valence-electron chi connectivity index (χ1n) is 6.74. The van der Waals surface area contributed by atoms with Gasteiger partial charge in [0.25, 0.3) is 0 Å². The highest BCUT2D eigenvalue weighted by Gasteiger charge is 2.20. The van der Waals surface area contributed by atoms with Crippen LogP contribution in [0, 0.1) is 5.92 Å². The van der Waals surface area contributed by atoms with Crippen molar-refractivity contribution in [1.29, 1.82) is 0 Å². The predicted molar refractivity (Wildman–Crippen MR) is 78.5 cm³/mol. The summed E-state index contributed by atoms with van der Waals surface area (Å²) < 4.78 is 10.3. The molecule has 18 heavy (non-hydrogen) atoms. The van der Waals surface area contributed by atoms with Crippen LogP contribution in [0.5, 0.6) is 0 Å². The lowest BCUT2D eigenvalue weighted by Gasteiger charge is -2.28. The Labute approximate surface area is 115 Å². The van der Waals surface area contributed by atoms with E-state index < -0.39 is 0 Å². The van der Waals surface area contributed by atoms with Gasteiger partial charge in [0, 0.05) is 32.1 Å². The SMILES string of the molecule is COCCOCCCCN=C1NC(C)C(C)CS1. The second kappa shape index (κ2) is 9.64. The maximum atomic E-state index is 5.40. The number of unbranched alkanes of at least 4 members (excludes halogenated alkanes) is 1. The minimum atomic E-state index is 0.544. The molecule has 0 bridgehead atoms. The number of aliphatic imine (C=N–C) groups is 1. The molecule has 4 nitrogen and oxygen atoms in total. The first kappa shape index (κ1) is 15.8. The molecule has 1 fully saturated rings. The number of methoxy groups -OCH3 is 1. The number of thioether (sulfide) groups is 1. The molecule has 0 aliphatic carbocycles. The van der Waals surface area contributed by atoms with Crippen LogP contribution in [0.25, 0.3) is 0 Å². The maximum absolute atomic E-state index is 5.40. The van der Waals surface area contributed by atoms with Gasteiger partial charge in [-0.3, -0.25) is 4.99 Å². The van der Waals surface area contributed by atoms with Gasteiger partial charge in [-0.15, -0.1) is 0 Å². The van der Waals surface area contributed by atoms with Gasteiger partial charge in [0.15, 0.2) is 5.17 Å². The van der Waals surface area contributed by atoms with Crippen molar-refractivity contribution >= 4 is 16.9 Å². The second-order valence-electron chi connectivity index (χ2n) is 4.72. The third-order valence-electron chi connectivity index (χ3n) is 3.07. The van der Waals surface area contributed by atoms with E-state index in [0.29, 0.717) is 19.3 Å². The fourth-order valence-electron chi connectivity index (χ4n) is 1.57. The minimum Gasteiger partial charge on any atom is -0.382 e. The van der Waals surface area contributed by atoms with Crippen LogP contribution >= 0.6 is 11.8 Å². The molecular weight excluding hydrogens is 248 g/mol. The number of rotatable bonds is 8. The minimum absolute atomic E-state index is 0.544. The Balaban J connectivity index is 1.99. The molecule has 2 unspecified atom stereocenters. The van der Waals surface area contributed by atoms with Crippen molar-refractivity contribution in [2.45, 2.75) is 32.7 Å². The van der Waals surface area contributed by atoms with Crippen molar-refractivity contribution in [2.75, 3.05) is 39.2 Å². The summed E-state index contributed by atoms with van der Waals surface area (Å²) in [7, 11) is 1.69. The zero-order valence-corrected chi connectivity index (χ0v) is 12.6. The van der Waals surface area contributed by atoms with Gasteiger partial charge < -0.3 is 14.8 Å². The summed E-state index contributed by atoms with van der Waals surface area (Å²) in [4.78, 5) is 4.59. The molecule has 1 aliphatic heterocycles. The van der Waals surface area contributed by atoms with E-state index in [0.717, 1.165) is 37.1 Å². The second-order valence-corrected chi connectivity index (χ2v) is 5.73. The largest absolute Gasteiger partial charge is 0.382 e. The Kier molecular flexibility index (Phi) is 8.46. The molecule has 0 aromatic carbocycles. The molecular formula is C13H26N2O2S. The molecule has 1 saturated heterocycles. The normalized spacial score (nSPS) is 26.3. The Morgan fingerprint density at radius 2 is 2.11 bits per heavy atom. The number of nitrogens with zero attached hydrogens (tertiary/aromatic N) is 1. The first-order chi connectivity index (χ1) is 8.74. The Morgan fingerprint density at radius 3 is 2.83 bits per heavy atom. The summed E-state index contributed by atoms with van der Waals surface area (Å²) >= 11 is 1.84. The third-order valence-corrected chi connectivity index (χ3v) is 4.28. The van der Waals surface area contributed by atoms with E-state index in [9.17, 15) is 0 Å². The highest BCUT2D eigenvalue weighted by Crippen LogP contribution is 2.19. The average Bonchev–Trinajstić information content (AvgIpc) is 2.37. The number of amidine groups is 1. The number of hydrogen-bond donors (Lipinski definition) is 1. The molecule has 1 rings (SSSR count). The van der Waals surface area contributed by atoms with Gasteiger partial charge in [-0.05, 0) is 25.7 Å². The third kappa shape index (κ3) is 6.61. The van der Waals surface area contributed by atoms with E-state index in [1.54, 1.807) is 7.11 Å². The Hall–Kier alpha value is -0.260. The first-order valence-corrected chi connectivity index (χ1v) is 7.73. The number of nitrogens with one attached hydrogen (secondary N) is 1. The summed E-state index contributed by atoms with van der Waals surface area (Å²) in [5, 5.41) is 4.56. The summed E-state index contributed by atoms with van der Waals surface area (Å²) in [6.45, 7) is 7.57. The van der Waals surface area contributed by atoms with Crippen LogP contribution in [0.3, 0.4) is 0 Å². The quantitative estimate of drug-likeness (QED) is 0.689. The Bertz CT molecular complexity index is 249. The van der Waals surface area contributed by atoms with E-state index in [2.05, 4.69) is 24.2 Å². The molecule has 1 heterocycles. The zero-order chi connectivity index (χ0) is 13.2. The van der Waals surface area contributed by atoms with Gasteiger partial charge in [-0.1, -0.05) is 18.7 Å². The van der Waals surface area contributed by atoms with Gasteiger partial charge in [-0.25, -0.2) is 0 Å². The smallest absolute Gasteiger partial charge is 0.156 e. The van der Waals surface area contributed by atoms with Crippen LogP contribution in [0.1, 0.15) is 26.7 Å². The van der Waals surface area contributed by atoms with Crippen molar-refractivity contribution in [2.24, 2.45) is 10.9 Å². The monoisotopic (exact) mass is 274 g/mol. The number of hydrogen-bond acceptors (Lipinski definition) is 4. The van der Waals surface area contributed by atoms with Crippen molar-refractivity contribution < 1.29 is 9.47 Å². The molecule has 0 radical (unpaired) electrons. The molecule has 0 spiro atoms. The van der Waals surface area contributed by atoms with Crippen LogP contribution in [0.15, 0.2) is 4.99 Å². The predicted octanol–water partition coefficient (Wildman–Crippen LogP) is 2.15. The molecule has 5 heteroatoms. The van der Waals surface area contributed by atoms with Crippen LogP contribution < -0.4 is 5.32 Å². The van der Waals surface area contributed by atoms with E-state index in [1.165, 1.54) is 5.75 Å². The van der Waals surface area contributed by atoms with E-state index >= 15 is 0 Å². The van der Waals surface area contributed by atoms with Crippen LogP contribution in [-0.2, 0) is 9.47 Å². The van der Waals surface area contributed by atoms with Gasteiger partial charge in [0.1, 0.15) is 0 Å². The van der Waals surface area contributed by atoms with Crippen molar-refractivity contribution in [3.63, 3.8) is 0 Å². The zero-order valence-electron chi connectivity index (χ0n) is 11.8. The van der Waals surface area contributed by atoms with Crippen LogP contribution in [0.2, 0.25) is 0 Å². The highest BCUT2D eigenvalue weighted by atomic mass is 32.2. The fourth-order valence-corrected chi connectivity index (χ4v) is 2.73. The van der Waals surface area contributed by atoms with Crippen LogP contribution in [0.4, 0.5) is 0 Å². The van der Waals surface area contributed by atoms with Crippen molar-refractivity contribution in [3.05, 3.63) is 0 Å².